The second-order valence-electron chi connectivity index (χ2n) is 4.84. The standard InChI is InChI=1S/C11H18ClN3O3S/c1-8-10(11(12)15(3)13-8)19(16,17)14(2)6-9-4-5-18-7-9/h9H,4-7H2,1-3H3. The highest BCUT2D eigenvalue weighted by Gasteiger charge is 2.31. The minimum absolute atomic E-state index is 0.0954. The summed E-state index contributed by atoms with van der Waals surface area (Å²) in [4.78, 5) is 0.0954. The van der Waals surface area contributed by atoms with Crippen molar-refractivity contribution >= 4 is 21.6 Å². The third-order valence-corrected chi connectivity index (χ3v) is 5.83. The van der Waals surface area contributed by atoms with Crippen LogP contribution in [0.5, 0.6) is 0 Å². The van der Waals surface area contributed by atoms with Gasteiger partial charge in [0.25, 0.3) is 0 Å². The van der Waals surface area contributed by atoms with Gasteiger partial charge < -0.3 is 4.74 Å². The van der Waals surface area contributed by atoms with Crippen molar-refractivity contribution in [3.05, 3.63) is 10.8 Å². The predicted molar refractivity (Wildman–Crippen MR) is 71.7 cm³/mol. The maximum atomic E-state index is 12.5. The number of hydrogen-bond acceptors (Lipinski definition) is 4. The van der Waals surface area contributed by atoms with Gasteiger partial charge in [0.1, 0.15) is 10.0 Å². The minimum atomic E-state index is -3.60. The minimum Gasteiger partial charge on any atom is -0.381 e. The van der Waals surface area contributed by atoms with Crippen molar-refractivity contribution in [3.8, 4) is 0 Å². The molecule has 0 aliphatic carbocycles. The molecule has 19 heavy (non-hydrogen) atoms. The maximum absolute atomic E-state index is 12.5. The molecule has 0 aromatic carbocycles. The highest BCUT2D eigenvalue weighted by molar-refractivity contribution is 7.89. The van der Waals surface area contributed by atoms with Crippen LogP contribution in [-0.4, -0.2) is 49.3 Å². The Kier molecular flexibility index (Phi) is 4.20. The van der Waals surface area contributed by atoms with E-state index in [1.54, 1.807) is 21.0 Å². The van der Waals surface area contributed by atoms with Gasteiger partial charge in [-0.15, -0.1) is 0 Å². The molecular formula is C11H18ClN3O3S. The van der Waals surface area contributed by atoms with Gasteiger partial charge in [0.15, 0.2) is 0 Å². The molecule has 8 heteroatoms. The van der Waals surface area contributed by atoms with Crippen molar-refractivity contribution in [2.75, 3.05) is 26.8 Å². The van der Waals surface area contributed by atoms with Gasteiger partial charge in [0, 0.05) is 27.2 Å². The van der Waals surface area contributed by atoms with Crippen LogP contribution in [-0.2, 0) is 21.8 Å². The van der Waals surface area contributed by atoms with Gasteiger partial charge in [0.05, 0.1) is 12.3 Å². The molecule has 1 aliphatic heterocycles. The first kappa shape index (κ1) is 14.8. The summed E-state index contributed by atoms with van der Waals surface area (Å²) in [6.45, 7) is 3.39. The summed E-state index contributed by atoms with van der Waals surface area (Å²) < 4.78 is 33.0. The zero-order valence-corrected chi connectivity index (χ0v) is 12.8. The van der Waals surface area contributed by atoms with Crippen LogP contribution < -0.4 is 0 Å². The van der Waals surface area contributed by atoms with E-state index < -0.39 is 10.0 Å². The molecule has 1 unspecified atom stereocenters. The van der Waals surface area contributed by atoms with Crippen LogP contribution in [0.1, 0.15) is 12.1 Å². The zero-order chi connectivity index (χ0) is 14.2. The number of aromatic nitrogens is 2. The molecule has 1 aromatic rings. The number of sulfonamides is 1. The molecule has 2 heterocycles. The van der Waals surface area contributed by atoms with Crippen molar-refractivity contribution in [1.29, 1.82) is 0 Å². The lowest BCUT2D eigenvalue weighted by Crippen LogP contribution is -2.32. The number of aryl methyl sites for hydroxylation is 2. The summed E-state index contributed by atoms with van der Waals surface area (Å²) in [6, 6.07) is 0. The van der Waals surface area contributed by atoms with Crippen LogP contribution >= 0.6 is 11.6 Å². The molecule has 0 spiro atoms. The first-order chi connectivity index (χ1) is 8.84. The van der Waals surface area contributed by atoms with E-state index in [-0.39, 0.29) is 16.0 Å². The summed E-state index contributed by atoms with van der Waals surface area (Å²) in [5.41, 5.74) is 0.419. The summed E-state index contributed by atoms with van der Waals surface area (Å²) in [7, 11) is -0.414. The van der Waals surface area contributed by atoms with Gasteiger partial charge in [-0.1, -0.05) is 11.6 Å². The average Bonchev–Trinajstić information content (AvgIpc) is 2.88. The fourth-order valence-corrected chi connectivity index (χ4v) is 4.19. The predicted octanol–water partition coefficient (Wildman–Crippen LogP) is 1.04. The van der Waals surface area contributed by atoms with Crippen LogP contribution in [0.25, 0.3) is 0 Å². The number of hydrogen-bond donors (Lipinski definition) is 0. The second-order valence-corrected chi connectivity index (χ2v) is 7.18. The first-order valence-corrected chi connectivity index (χ1v) is 7.89. The second kappa shape index (κ2) is 5.40. The average molecular weight is 308 g/mol. The molecule has 0 radical (unpaired) electrons. The van der Waals surface area contributed by atoms with Crippen LogP contribution in [0.2, 0.25) is 5.15 Å². The Morgan fingerprint density at radius 1 is 1.58 bits per heavy atom. The number of nitrogens with zero attached hydrogens (tertiary/aromatic N) is 3. The lowest BCUT2D eigenvalue weighted by Gasteiger charge is -2.19. The highest BCUT2D eigenvalue weighted by Crippen LogP contribution is 2.27. The summed E-state index contributed by atoms with van der Waals surface area (Å²) >= 11 is 6.03. The Balaban J connectivity index is 2.25. The van der Waals surface area contributed by atoms with Gasteiger partial charge >= 0.3 is 0 Å². The van der Waals surface area contributed by atoms with E-state index in [2.05, 4.69) is 5.10 Å². The normalized spacial score (nSPS) is 20.4. The third-order valence-electron chi connectivity index (χ3n) is 3.31. The third kappa shape index (κ3) is 2.79. The van der Waals surface area contributed by atoms with Crippen LogP contribution in [0, 0.1) is 12.8 Å². The van der Waals surface area contributed by atoms with Crippen molar-refractivity contribution in [3.63, 3.8) is 0 Å². The van der Waals surface area contributed by atoms with E-state index in [4.69, 9.17) is 16.3 Å². The largest absolute Gasteiger partial charge is 0.381 e. The maximum Gasteiger partial charge on any atom is 0.247 e. The molecule has 0 N–H and O–H groups in total. The van der Waals surface area contributed by atoms with Gasteiger partial charge in [-0.3, -0.25) is 4.68 Å². The van der Waals surface area contributed by atoms with Gasteiger partial charge in [0.2, 0.25) is 10.0 Å². The highest BCUT2D eigenvalue weighted by atomic mass is 35.5. The van der Waals surface area contributed by atoms with E-state index in [1.165, 1.54) is 8.99 Å². The molecule has 0 amide bonds. The molecule has 1 atom stereocenters. The molecule has 108 valence electrons. The summed E-state index contributed by atoms with van der Waals surface area (Å²) in [5, 5.41) is 4.19. The van der Waals surface area contributed by atoms with E-state index in [1.807, 2.05) is 0 Å². The number of rotatable bonds is 4. The van der Waals surface area contributed by atoms with Gasteiger partial charge in [-0.05, 0) is 19.3 Å². The van der Waals surface area contributed by atoms with Crippen LogP contribution in [0.15, 0.2) is 4.90 Å². The Morgan fingerprint density at radius 2 is 2.26 bits per heavy atom. The Bertz CT molecular complexity index is 564. The van der Waals surface area contributed by atoms with Crippen LogP contribution in [0.3, 0.4) is 0 Å². The number of ether oxygens (including phenoxy) is 1. The Hall–Kier alpha value is -0.630. The van der Waals surface area contributed by atoms with Crippen molar-refractivity contribution in [2.45, 2.75) is 18.2 Å². The lowest BCUT2D eigenvalue weighted by molar-refractivity contribution is 0.182. The molecule has 1 saturated heterocycles. The molecule has 1 aliphatic rings. The van der Waals surface area contributed by atoms with Gasteiger partial charge in [-0.25, -0.2) is 12.7 Å². The number of halogens is 1. The molecule has 0 saturated carbocycles. The summed E-state index contributed by atoms with van der Waals surface area (Å²) in [6.07, 6.45) is 0.889. The quantitative estimate of drug-likeness (QED) is 0.834. The fourth-order valence-electron chi connectivity index (χ4n) is 2.25. The smallest absolute Gasteiger partial charge is 0.247 e. The Morgan fingerprint density at radius 3 is 2.74 bits per heavy atom. The molecule has 2 rings (SSSR count). The zero-order valence-electron chi connectivity index (χ0n) is 11.3. The monoisotopic (exact) mass is 307 g/mol. The van der Waals surface area contributed by atoms with Gasteiger partial charge in [-0.2, -0.15) is 5.10 Å². The molecule has 0 bridgehead atoms. The fraction of sp³-hybridized carbons (Fsp3) is 0.727. The van der Waals surface area contributed by atoms with Crippen molar-refractivity contribution in [1.82, 2.24) is 14.1 Å². The van der Waals surface area contributed by atoms with Crippen molar-refractivity contribution in [2.24, 2.45) is 13.0 Å². The Labute approximate surface area is 118 Å². The SMILES string of the molecule is Cc1nn(C)c(Cl)c1S(=O)(=O)N(C)CC1CCOC1. The molecule has 1 aromatic heterocycles. The van der Waals surface area contributed by atoms with E-state index in [0.717, 1.165) is 6.42 Å². The molecule has 1 fully saturated rings. The van der Waals surface area contributed by atoms with E-state index >= 15 is 0 Å². The first-order valence-electron chi connectivity index (χ1n) is 6.07. The molecular weight excluding hydrogens is 290 g/mol. The van der Waals surface area contributed by atoms with Crippen LogP contribution in [0.4, 0.5) is 0 Å². The molecule has 6 nitrogen and oxygen atoms in total. The van der Waals surface area contributed by atoms with E-state index in [0.29, 0.717) is 25.5 Å². The van der Waals surface area contributed by atoms with Crippen molar-refractivity contribution < 1.29 is 13.2 Å². The topological polar surface area (TPSA) is 64.4 Å². The van der Waals surface area contributed by atoms with E-state index in [9.17, 15) is 8.42 Å². The summed E-state index contributed by atoms with van der Waals surface area (Å²) in [5.74, 6) is 0.246. The lowest BCUT2D eigenvalue weighted by atomic mass is 10.1.